The Morgan fingerprint density at radius 2 is 1.68 bits per heavy atom. The third-order valence-corrected chi connectivity index (χ3v) is 10.4. The minimum atomic E-state index is -3.61. The number of rotatable bonds is 8. The lowest BCUT2D eigenvalue weighted by Gasteiger charge is -2.37. The maximum absolute atomic E-state index is 13.6. The zero-order chi connectivity index (χ0) is 26.5. The van der Waals surface area contributed by atoms with E-state index in [9.17, 15) is 13.2 Å². The van der Waals surface area contributed by atoms with Gasteiger partial charge in [0.15, 0.2) is 0 Å². The predicted molar refractivity (Wildman–Crippen MR) is 151 cm³/mol. The fourth-order valence-corrected chi connectivity index (χ4v) is 7.58. The van der Waals surface area contributed by atoms with E-state index < -0.39 is 10.0 Å². The molecule has 0 aliphatic carbocycles. The summed E-state index contributed by atoms with van der Waals surface area (Å²) in [4.78, 5) is 18.1. The van der Waals surface area contributed by atoms with Crippen molar-refractivity contribution in [3.63, 3.8) is 0 Å². The van der Waals surface area contributed by atoms with E-state index in [1.165, 1.54) is 5.56 Å². The van der Waals surface area contributed by atoms with E-state index >= 15 is 0 Å². The summed E-state index contributed by atoms with van der Waals surface area (Å²) in [5, 5.41) is 1.99. The number of carbonyl (C=O) groups excluding carboxylic acids is 1. The molecular weight excluding hydrogens is 518 g/mol. The molecule has 3 aromatic rings. The molecule has 5 rings (SSSR count). The Hall–Kier alpha value is -2.88. The number of hydrogen-bond acceptors (Lipinski definition) is 6. The number of piperidine rings is 1. The van der Waals surface area contributed by atoms with E-state index in [0.29, 0.717) is 62.3 Å². The van der Waals surface area contributed by atoms with Crippen molar-refractivity contribution in [2.75, 3.05) is 51.3 Å². The molecule has 3 heterocycles. The van der Waals surface area contributed by atoms with Crippen LogP contribution < -0.4 is 9.64 Å². The molecule has 0 saturated carbocycles. The maximum atomic E-state index is 13.6. The van der Waals surface area contributed by atoms with Crippen molar-refractivity contribution in [2.24, 2.45) is 5.92 Å². The molecule has 0 N–H and O–H groups in total. The molecule has 0 unspecified atom stereocenters. The number of sulfonamides is 1. The van der Waals surface area contributed by atoms with Crippen molar-refractivity contribution >= 4 is 33.0 Å². The molecule has 1 amide bonds. The van der Waals surface area contributed by atoms with Crippen LogP contribution in [0.15, 0.2) is 70.9 Å². The second-order valence-electron chi connectivity index (χ2n) is 9.99. The highest BCUT2D eigenvalue weighted by molar-refractivity contribution is 7.89. The number of amides is 1. The average Bonchev–Trinajstić information content (AvgIpc) is 3.47. The van der Waals surface area contributed by atoms with E-state index in [1.807, 2.05) is 28.5 Å². The van der Waals surface area contributed by atoms with Crippen molar-refractivity contribution < 1.29 is 17.9 Å². The van der Waals surface area contributed by atoms with Gasteiger partial charge in [0, 0.05) is 44.1 Å². The van der Waals surface area contributed by atoms with Crippen LogP contribution in [-0.4, -0.2) is 69.9 Å². The van der Waals surface area contributed by atoms with Crippen LogP contribution in [0.3, 0.4) is 0 Å². The molecule has 202 valence electrons. The Morgan fingerprint density at radius 1 is 0.947 bits per heavy atom. The predicted octanol–water partition coefficient (Wildman–Crippen LogP) is 4.29. The molecule has 2 aliphatic heterocycles. The molecule has 2 aromatic carbocycles. The van der Waals surface area contributed by atoms with Gasteiger partial charge >= 0.3 is 0 Å². The molecule has 2 saturated heterocycles. The molecule has 0 atom stereocenters. The van der Waals surface area contributed by atoms with Gasteiger partial charge < -0.3 is 14.5 Å². The Balaban J connectivity index is 1.23. The second-order valence-corrected chi connectivity index (χ2v) is 13.0. The minimum Gasteiger partial charge on any atom is -0.495 e. The van der Waals surface area contributed by atoms with Crippen LogP contribution in [0, 0.1) is 5.92 Å². The van der Waals surface area contributed by atoms with Crippen molar-refractivity contribution in [3.05, 3.63) is 76.5 Å². The van der Waals surface area contributed by atoms with Crippen molar-refractivity contribution in [2.45, 2.75) is 30.6 Å². The topological polar surface area (TPSA) is 70.2 Å². The minimum absolute atomic E-state index is 0.131. The highest BCUT2D eigenvalue weighted by atomic mass is 32.2. The lowest BCUT2D eigenvalue weighted by atomic mass is 9.91. The van der Waals surface area contributed by atoms with Gasteiger partial charge in [0.1, 0.15) is 5.75 Å². The zero-order valence-electron chi connectivity index (χ0n) is 21.8. The van der Waals surface area contributed by atoms with E-state index in [0.717, 1.165) is 29.8 Å². The van der Waals surface area contributed by atoms with Gasteiger partial charge in [-0.25, -0.2) is 8.42 Å². The zero-order valence-corrected chi connectivity index (χ0v) is 23.4. The smallest absolute Gasteiger partial charge is 0.243 e. The summed E-state index contributed by atoms with van der Waals surface area (Å²) in [6.07, 6.45) is 3.14. The lowest BCUT2D eigenvalue weighted by Crippen LogP contribution is -2.49. The third-order valence-electron chi connectivity index (χ3n) is 7.61. The monoisotopic (exact) mass is 553 g/mol. The number of thiophene rings is 1. The van der Waals surface area contributed by atoms with Gasteiger partial charge in [-0.15, -0.1) is 11.3 Å². The van der Waals surface area contributed by atoms with Crippen molar-refractivity contribution in [3.8, 4) is 5.75 Å². The normalized spacial score (nSPS) is 17.5. The summed E-state index contributed by atoms with van der Waals surface area (Å²) in [6, 6.07) is 19.5. The first-order chi connectivity index (χ1) is 18.4. The van der Waals surface area contributed by atoms with Crippen LogP contribution in [0.4, 0.5) is 5.69 Å². The molecule has 7 nitrogen and oxygen atoms in total. The quantitative estimate of drug-likeness (QED) is 0.416. The standard InChI is InChI=1S/C29H35N3O4S2/c1-36-28-10-9-26(38(34,35)32-13-11-24(12-14-32)20-23-6-3-2-4-7-23)22-27(28)30-15-17-31(18-16-30)29(33)21-25-8-5-19-37-25/h2-10,19,22,24H,11-18,20-21H2,1H3. The molecule has 2 fully saturated rings. The SMILES string of the molecule is COc1ccc(S(=O)(=O)N2CCC(Cc3ccccc3)CC2)cc1N1CCN(C(=O)Cc2cccs2)CC1. The molecule has 0 radical (unpaired) electrons. The first-order valence-electron chi connectivity index (χ1n) is 13.2. The largest absolute Gasteiger partial charge is 0.495 e. The summed E-state index contributed by atoms with van der Waals surface area (Å²) in [7, 11) is -2.01. The fraction of sp³-hybridized carbons (Fsp3) is 0.414. The summed E-state index contributed by atoms with van der Waals surface area (Å²) < 4.78 is 34.4. The van der Waals surface area contributed by atoms with Crippen LogP contribution in [-0.2, 0) is 27.7 Å². The van der Waals surface area contributed by atoms with Gasteiger partial charge in [-0.2, -0.15) is 4.31 Å². The van der Waals surface area contributed by atoms with Crippen LogP contribution in [0.5, 0.6) is 5.75 Å². The van der Waals surface area contributed by atoms with Gasteiger partial charge in [-0.3, -0.25) is 4.79 Å². The van der Waals surface area contributed by atoms with E-state index in [4.69, 9.17) is 4.74 Å². The van der Waals surface area contributed by atoms with Crippen LogP contribution >= 0.6 is 11.3 Å². The molecule has 0 spiro atoms. The molecule has 38 heavy (non-hydrogen) atoms. The molecule has 0 bridgehead atoms. The number of piperazine rings is 1. The summed E-state index contributed by atoms with van der Waals surface area (Å²) in [5.41, 5.74) is 2.07. The molecule has 9 heteroatoms. The molecule has 2 aliphatic rings. The molecule has 1 aromatic heterocycles. The number of nitrogens with zero attached hydrogens (tertiary/aromatic N) is 3. The maximum Gasteiger partial charge on any atom is 0.243 e. The number of hydrogen-bond donors (Lipinski definition) is 0. The van der Waals surface area contributed by atoms with Gasteiger partial charge in [0.2, 0.25) is 15.9 Å². The average molecular weight is 554 g/mol. The summed E-state index contributed by atoms with van der Waals surface area (Å²) in [6.45, 7) is 3.51. The highest BCUT2D eigenvalue weighted by Gasteiger charge is 2.31. The number of anilines is 1. The fourth-order valence-electron chi connectivity index (χ4n) is 5.40. The van der Waals surface area contributed by atoms with Gasteiger partial charge in [-0.1, -0.05) is 36.4 Å². The van der Waals surface area contributed by atoms with E-state index in [2.05, 4.69) is 29.2 Å². The highest BCUT2D eigenvalue weighted by Crippen LogP contribution is 2.34. The Labute approximate surface area is 229 Å². The first kappa shape index (κ1) is 26.7. The number of methoxy groups -OCH3 is 1. The Kier molecular flexibility index (Phi) is 8.35. The first-order valence-corrected chi connectivity index (χ1v) is 15.5. The number of benzene rings is 2. The van der Waals surface area contributed by atoms with Gasteiger partial charge in [-0.05, 0) is 60.4 Å². The Bertz CT molecular complexity index is 1310. The Morgan fingerprint density at radius 3 is 2.34 bits per heavy atom. The van der Waals surface area contributed by atoms with E-state index in [1.54, 1.807) is 41.0 Å². The summed E-state index contributed by atoms with van der Waals surface area (Å²) >= 11 is 1.60. The second kappa shape index (κ2) is 11.9. The third kappa shape index (κ3) is 6.06. The lowest BCUT2D eigenvalue weighted by molar-refractivity contribution is -0.130. The van der Waals surface area contributed by atoms with Crippen LogP contribution in [0.1, 0.15) is 23.3 Å². The van der Waals surface area contributed by atoms with Crippen LogP contribution in [0.25, 0.3) is 0 Å². The van der Waals surface area contributed by atoms with Crippen molar-refractivity contribution in [1.29, 1.82) is 0 Å². The van der Waals surface area contributed by atoms with Gasteiger partial charge in [0.25, 0.3) is 0 Å². The van der Waals surface area contributed by atoms with E-state index in [-0.39, 0.29) is 5.91 Å². The summed E-state index contributed by atoms with van der Waals surface area (Å²) in [5.74, 6) is 1.27. The van der Waals surface area contributed by atoms with Crippen molar-refractivity contribution in [1.82, 2.24) is 9.21 Å². The van der Waals surface area contributed by atoms with Gasteiger partial charge in [0.05, 0.1) is 24.1 Å². The number of carbonyl (C=O) groups is 1. The number of ether oxygens (including phenoxy) is 1. The molecular formula is C29H35N3O4S2. The van der Waals surface area contributed by atoms with Crippen LogP contribution in [0.2, 0.25) is 0 Å².